The summed E-state index contributed by atoms with van der Waals surface area (Å²) in [4.78, 5) is 4.21. The summed E-state index contributed by atoms with van der Waals surface area (Å²) in [7, 11) is 0. The van der Waals surface area contributed by atoms with E-state index < -0.39 is 0 Å². The predicted octanol–water partition coefficient (Wildman–Crippen LogP) is 1.62. The summed E-state index contributed by atoms with van der Waals surface area (Å²) in [6, 6.07) is 0.601. The number of rotatable bonds is 7. The van der Waals surface area contributed by atoms with Crippen LogP contribution in [-0.4, -0.2) is 24.1 Å². The normalized spacial score (nSPS) is 13.0. The third kappa shape index (κ3) is 4.69. The minimum absolute atomic E-state index is 0.601. The highest BCUT2D eigenvalue weighted by molar-refractivity contribution is 7.09. The third-order valence-corrected chi connectivity index (χ3v) is 2.85. The van der Waals surface area contributed by atoms with Gasteiger partial charge in [0.1, 0.15) is 5.01 Å². The van der Waals surface area contributed by atoms with E-state index in [0.29, 0.717) is 6.04 Å². The molecule has 2 N–H and O–H groups in total. The monoisotopic (exact) mass is 213 g/mol. The summed E-state index contributed by atoms with van der Waals surface area (Å²) in [5.41, 5.74) is 0. The number of hydrogen-bond donors (Lipinski definition) is 2. The zero-order valence-corrected chi connectivity index (χ0v) is 9.73. The molecule has 1 atom stereocenters. The van der Waals surface area contributed by atoms with Gasteiger partial charge in [0.05, 0.1) is 0 Å². The molecule has 1 rings (SSSR count). The molecule has 0 amide bonds. The highest BCUT2D eigenvalue weighted by Gasteiger charge is 1.99. The van der Waals surface area contributed by atoms with Crippen molar-refractivity contribution in [1.29, 1.82) is 0 Å². The molecule has 3 nitrogen and oxygen atoms in total. The van der Waals surface area contributed by atoms with Crippen LogP contribution in [0, 0.1) is 0 Å². The van der Waals surface area contributed by atoms with Gasteiger partial charge in [0.25, 0.3) is 0 Å². The Morgan fingerprint density at radius 1 is 1.57 bits per heavy atom. The Hall–Kier alpha value is -0.450. The average molecular weight is 213 g/mol. The van der Waals surface area contributed by atoms with Gasteiger partial charge >= 0.3 is 0 Å². The maximum absolute atomic E-state index is 4.21. The van der Waals surface area contributed by atoms with Crippen molar-refractivity contribution in [1.82, 2.24) is 15.6 Å². The van der Waals surface area contributed by atoms with Crippen LogP contribution in [0.1, 0.15) is 25.3 Å². The molecular formula is C10H19N3S. The van der Waals surface area contributed by atoms with Crippen molar-refractivity contribution in [3.8, 4) is 0 Å². The first kappa shape index (κ1) is 11.6. The van der Waals surface area contributed by atoms with Crippen molar-refractivity contribution in [2.45, 2.75) is 32.9 Å². The summed E-state index contributed by atoms with van der Waals surface area (Å²) in [6.45, 7) is 7.35. The van der Waals surface area contributed by atoms with E-state index in [1.165, 1.54) is 11.4 Å². The Morgan fingerprint density at radius 2 is 2.43 bits per heavy atom. The van der Waals surface area contributed by atoms with Crippen molar-refractivity contribution in [2.75, 3.05) is 13.1 Å². The molecule has 0 saturated carbocycles. The quantitative estimate of drug-likeness (QED) is 0.676. The first-order valence-corrected chi connectivity index (χ1v) is 6.03. The van der Waals surface area contributed by atoms with Gasteiger partial charge in [-0.15, -0.1) is 11.3 Å². The van der Waals surface area contributed by atoms with Crippen LogP contribution in [0.3, 0.4) is 0 Å². The minimum Gasteiger partial charge on any atom is -0.314 e. The highest BCUT2D eigenvalue weighted by atomic mass is 32.1. The van der Waals surface area contributed by atoms with Crippen LogP contribution in [0.15, 0.2) is 11.6 Å². The lowest BCUT2D eigenvalue weighted by Crippen LogP contribution is -2.29. The number of nitrogens with zero attached hydrogens (tertiary/aromatic N) is 1. The van der Waals surface area contributed by atoms with E-state index in [-0.39, 0.29) is 0 Å². The van der Waals surface area contributed by atoms with E-state index >= 15 is 0 Å². The van der Waals surface area contributed by atoms with Gasteiger partial charge in [0.2, 0.25) is 0 Å². The molecule has 1 aromatic heterocycles. The van der Waals surface area contributed by atoms with Crippen LogP contribution < -0.4 is 10.6 Å². The maximum Gasteiger partial charge on any atom is 0.106 e. The van der Waals surface area contributed by atoms with Gasteiger partial charge < -0.3 is 10.6 Å². The number of nitrogens with one attached hydrogen (secondary N) is 2. The SMILES string of the molecule is CCNC(C)CCNCc1nccs1. The van der Waals surface area contributed by atoms with Gasteiger partial charge in [-0.05, 0) is 26.4 Å². The van der Waals surface area contributed by atoms with E-state index in [0.717, 1.165) is 19.6 Å². The second kappa shape index (κ2) is 6.92. The Morgan fingerprint density at radius 3 is 3.07 bits per heavy atom. The molecule has 0 spiro atoms. The van der Waals surface area contributed by atoms with Crippen molar-refractivity contribution < 1.29 is 0 Å². The topological polar surface area (TPSA) is 37.0 Å². The smallest absolute Gasteiger partial charge is 0.106 e. The molecule has 0 aliphatic rings. The van der Waals surface area contributed by atoms with Crippen molar-refractivity contribution in [3.05, 3.63) is 16.6 Å². The molecule has 0 saturated heterocycles. The number of hydrogen-bond acceptors (Lipinski definition) is 4. The van der Waals surface area contributed by atoms with E-state index in [2.05, 4.69) is 29.5 Å². The van der Waals surface area contributed by atoms with E-state index in [1.54, 1.807) is 11.3 Å². The number of thiazole rings is 1. The van der Waals surface area contributed by atoms with Crippen LogP contribution in [0.2, 0.25) is 0 Å². The molecule has 1 heterocycles. The Bertz CT molecular complexity index is 223. The molecule has 14 heavy (non-hydrogen) atoms. The second-order valence-corrected chi connectivity index (χ2v) is 4.33. The third-order valence-electron chi connectivity index (χ3n) is 2.07. The molecule has 0 aromatic carbocycles. The van der Waals surface area contributed by atoms with Gasteiger partial charge in [0, 0.05) is 24.2 Å². The molecule has 0 fully saturated rings. The van der Waals surface area contributed by atoms with Crippen LogP contribution in [0.4, 0.5) is 0 Å². The fraction of sp³-hybridized carbons (Fsp3) is 0.700. The lowest BCUT2D eigenvalue weighted by molar-refractivity contribution is 0.504. The van der Waals surface area contributed by atoms with Gasteiger partial charge in [-0.2, -0.15) is 0 Å². The Balaban J connectivity index is 1.99. The van der Waals surface area contributed by atoms with Crippen molar-refractivity contribution in [2.24, 2.45) is 0 Å². The maximum atomic E-state index is 4.21. The van der Waals surface area contributed by atoms with Gasteiger partial charge in [-0.1, -0.05) is 6.92 Å². The van der Waals surface area contributed by atoms with E-state index in [9.17, 15) is 0 Å². The molecule has 0 bridgehead atoms. The van der Waals surface area contributed by atoms with E-state index in [4.69, 9.17) is 0 Å². The molecule has 0 radical (unpaired) electrons. The van der Waals surface area contributed by atoms with Crippen LogP contribution in [-0.2, 0) is 6.54 Å². The minimum atomic E-state index is 0.601. The molecule has 80 valence electrons. The largest absolute Gasteiger partial charge is 0.314 e. The van der Waals surface area contributed by atoms with Crippen LogP contribution in [0.25, 0.3) is 0 Å². The first-order chi connectivity index (χ1) is 6.83. The number of aromatic nitrogens is 1. The summed E-state index contributed by atoms with van der Waals surface area (Å²) < 4.78 is 0. The second-order valence-electron chi connectivity index (χ2n) is 3.35. The standard InChI is InChI=1S/C10H19N3S/c1-3-12-9(2)4-5-11-8-10-13-6-7-14-10/h6-7,9,11-12H,3-5,8H2,1-2H3. The first-order valence-electron chi connectivity index (χ1n) is 5.15. The fourth-order valence-corrected chi connectivity index (χ4v) is 1.89. The van der Waals surface area contributed by atoms with Gasteiger partial charge in [-0.3, -0.25) is 0 Å². The Labute approximate surface area is 89.9 Å². The van der Waals surface area contributed by atoms with Crippen LogP contribution in [0.5, 0.6) is 0 Å². The highest BCUT2D eigenvalue weighted by Crippen LogP contribution is 2.02. The van der Waals surface area contributed by atoms with Gasteiger partial charge in [-0.25, -0.2) is 4.98 Å². The molecule has 1 aromatic rings. The van der Waals surface area contributed by atoms with E-state index in [1.807, 2.05) is 11.6 Å². The van der Waals surface area contributed by atoms with Crippen molar-refractivity contribution in [3.63, 3.8) is 0 Å². The zero-order valence-electron chi connectivity index (χ0n) is 8.92. The molecule has 0 aliphatic heterocycles. The lowest BCUT2D eigenvalue weighted by atomic mass is 10.2. The van der Waals surface area contributed by atoms with Gasteiger partial charge in [0.15, 0.2) is 0 Å². The molecule has 1 unspecified atom stereocenters. The zero-order chi connectivity index (χ0) is 10.2. The Kier molecular flexibility index (Phi) is 5.75. The lowest BCUT2D eigenvalue weighted by Gasteiger charge is -2.11. The molecule has 4 heteroatoms. The average Bonchev–Trinajstić information content (AvgIpc) is 2.65. The van der Waals surface area contributed by atoms with Crippen molar-refractivity contribution >= 4 is 11.3 Å². The summed E-state index contributed by atoms with van der Waals surface area (Å²) >= 11 is 1.70. The summed E-state index contributed by atoms with van der Waals surface area (Å²) in [5, 5.41) is 9.95. The fourth-order valence-electron chi connectivity index (χ4n) is 1.30. The summed E-state index contributed by atoms with van der Waals surface area (Å²) in [6.07, 6.45) is 3.02. The molecule has 0 aliphatic carbocycles. The predicted molar refractivity (Wildman–Crippen MR) is 61.6 cm³/mol. The van der Waals surface area contributed by atoms with Crippen LogP contribution >= 0.6 is 11.3 Å². The summed E-state index contributed by atoms with van der Waals surface area (Å²) in [5.74, 6) is 0. The molecular weight excluding hydrogens is 194 g/mol.